The van der Waals surface area contributed by atoms with Crippen molar-refractivity contribution in [3.05, 3.63) is 47.3 Å². The predicted molar refractivity (Wildman–Crippen MR) is 127 cm³/mol. The Labute approximate surface area is 194 Å². The van der Waals surface area contributed by atoms with Crippen LogP contribution in [0.2, 0.25) is 0 Å². The lowest BCUT2D eigenvalue weighted by molar-refractivity contribution is 0.111. The van der Waals surface area contributed by atoms with Crippen LogP contribution in [-0.2, 0) is 17.7 Å². The Hall–Kier alpha value is -1.75. The van der Waals surface area contributed by atoms with Crippen LogP contribution in [0.15, 0.2) is 29.3 Å². The Bertz CT molecular complexity index is 823. The van der Waals surface area contributed by atoms with E-state index in [-0.39, 0.29) is 41.9 Å². The number of aromatic nitrogens is 3. The monoisotopic (exact) mass is 530 g/mol. The van der Waals surface area contributed by atoms with E-state index in [1.807, 2.05) is 11.6 Å². The molecule has 0 bridgehead atoms. The van der Waals surface area contributed by atoms with Crippen molar-refractivity contribution < 1.29 is 9.13 Å². The summed E-state index contributed by atoms with van der Waals surface area (Å²) in [6.45, 7) is 8.23. The molecule has 2 atom stereocenters. The van der Waals surface area contributed by atoms with E-state index in [2.05, 4.69) is 34.6 Å². The predicted octanol–water partition coefficient (Wildman–Crippen LogP) is 3.42. The third-order valence-electron chi connectivity index (χ3n) is 5.02. The summed E-state index contributed by atoms with van der Waals surface area (Å²) in [5.74, 6) is 2.78. The zero-order chi connectivity index (χ0) is 20.8. The van der Waals surface area contributed by atoms with Crippen LogP contribution in [0.5, 0.6) is 0 Å². The second-order valence-corrected chi connectivity index (χ2v) is 7.60. The maximum atomic E-state index is 13.2. The van der Waals surface area contributed by atoms with Crippen molar-refractivity contribution in [1.29, 1.82) is 0 Å². The van der Waals surface area contributed by atoms with E-state index < -0.39 is 0 Å². The fourth-order valence-corrected chi connectivity index (χ4v) is 3.37. The van der Waals surface area contributed by atoms with Crippen molar-refractivity contribution in [3.63, 3.8) is 0 Å². The quantitative estimate of drug-likeness (QED) is 0.326. The van der Waals surface area contributed by atoms with Crippen LogP contribution in [0.1, 0.15) is 56.4 Å². The summed E-state index contributed by atoms with van der Waals surface area (Å²) < 4.78 is 20.7. The van der Waals surface area contributed by atoms with Crippen LogP contribution >= 0.6 is 24.0 Å². The number of methoxy groups -OCH3 is 1. The molecule has 2 unspecified atom stereocenters. The number of aliphatic imine (C=N–C) groups is 1. The number of halogens is 2. The van der Waals surface area contributed by atoms with E-state index in [0.717, 1.165) is 49.1 Å². The van der Waals surface area contributed by atoms with Crippen molar-refractivity contribution in [2.45, 2.75) is 58.2 Å². The lowest BCUT2D eigenvalue weighted by Gasteiger charge is -2.25. The molecule has 1 aliphatic rings. The van der Waals surface area contributed by atoms with Crippen molar-refractivity contribution >= 4 is 29.9 Å². The summed E-state index contributed by atoms with van der Waals surface area (Å²) in [6.07, 6.45) is 1.65. The second kappa shape index (κ2) is 11.6. The van der Waals surface area contributed by atoms with E-state index in [9.17, 15) is 4.39 Å². The van der Waals surface area contributed by atoms with Gasteiger partial charge < -0.3 is 15.4 Å². The molecule has 2 heterocycles. The number of benzene rings is 1. The molecule has 2 aromatic rings. The van der Waals surface area contributed by atoms with Crippen LogP contribution in [-0.4, -0.2) is 47.0 Å². The van der Waals surface area contributed by atoms with Crippen LogP contribution in [0.25, 0.3) is 0 Å². The van der Waals surface area contributed by atoms with E-state index in [4.69, 9.17) is 9.73 Å². The Kier molecular flexibility index (Phi) is 9.47. The van der Waals surface area contributed by atoms with Gasteiger partial charge in [0.1, 0.15) is 17.7 Å². The Morgan fingerprint density at radius 2 is 2.07 bits per heavy atom. The minimum atomic E-state index is -0.257. The van der Waals surface area contributed by atoms with Gasteiger partial charge in [-0.3, -0.25) is 4.99 Å². The standard InChI is InChI=1S/C21H31FN6O.HI/c1-5-23-21(24-12-18(29-4)15-6-8-16(22)9-7-15)25-17-10-11-19-26-20(14(2)3)27-28(19)13-17;/h6-9,14,17-18H,5,10-13H2,1-4H3,(H2,23,24,25);1H. The Morgan fingerprint density at radius 1 is 1.33 bits per heavy atom. The van der Waals surface area contributed by atoms with Crippen molar-refractivity contribution in [2.24, 2.45) is 4.99 Å². The number of guanidine groups is 1. The highest BCUT2D eigenvalue weighted by molar-refractivity contribution is 14.0. The fraction of sp³-hybridized carbons (Fsp3) is 0.571. The zero-order valence-electron chi connectivity index (χ0n) is 18.1. The summed E-state index contributed by atoms with van der Waals surface area (Å²) >= 11 is 0. The van der Waals surface area contributed by atoms with Crippen LogP contribution in [0.4, 0.5) is 4.39 Å². The Balaban J connectivity index is 0.00000320. The molecule has 1 aromatic heterocycles. The molecule has 3 rings (SSSR count). The average Bonchev–Trinajstić information content (AvgIpc) is 3.13. The van der Waals surface area contributed by atoms with Crippen LogP contribution in [0.3, 0.4) is 0 Å². The number of hydrogen-bond donors (Lipinski definition) is 2. The van der Waals surface area contributed by atoms with Crippen molar-refractivity contribution in [1.82, 2.24) is 25.4 Å². The SMILES string of the molecule is CCNC(=NCC(OC)c1ccc(F)cc1)NC1CCc2nc(C(C)C)nn2C1.I. The summed E-state index contributed by atoms with van der Waals surface area (Å²) in [4.78, 5) is 9.34. The molecule has 0 saturated heterocycles. The fourth-order valence-electron chi connectivity index (χ4n) is 3.37. The zero-order valence-corrected chi connectivity index (χ0v) is 20.4. The van der Waals surface area contributed by atoms with Gasteiger partial charge in [-0.2, -0.15) is 5.10 Å². The number of aryl methyl sites for hydroxylation is 1. The summed E-state index contributed by atoms with van der Waals surface area (Å²) in [5.41, 5.74) is 0.902. The summed E-state index contributed by atoms with van der Waals surface area (Å²) in [6, 6.07) is 6.59. The summed E-state index contributed by atoms with van der Waals surface area (Å²) in [5, 5.41) is 11.4. The van der Waals surface area contributed by atoms with Gasteiger partial charge in [0.05, 0.1) is 13.1 Å². The lowest BCUT2D eigenvalue weighted by Crippen LogP contribution is -2.47. The molecular formula is C21H32FIN6O. The maximum absolute atomic E-state index is 13.2. The highest BCUT2D eigenvalue weighted by atomic mass is 127. The molecular weight excluding hydrogens is 498 g/mol. The Morgan fingerprint density at radius 3 is 2.70 bits per heavy atom. The van der Waals surface area contributed by atoms with E-state index in [1.165, 1.54) is 12.1 Å². The van der Waals surface area contributed by atoms with Gasteiger partial charge >= 0.3 is 0 Å². The molecule has 2 N–H and O–H groups in total. The van der Waals surface area contributed by atoms with E-state index in [0.29, 0.717) is 12.5 Å². The number of nitrogens with one attached hydrogen (secondary N) is 2. The normalized spacial score (nSPS) is 17.3. The largest absolute Gasteiger partial charge is 0.375 e. The first-order valence-corrected chi connectivity index (χ1v) is 10.3. The first kappa shape index (κ1) is 24.5. The molecule has 0 fully saturated rings. The van der Waals surface area contributed by atoms with Gasteiger partial charge in [-0.1, -0.05) is 26.0 Å². The molecule has 0 saturated carbocycles. The van der Waals surface area contributed by atoms with Gasteiger partial charge in [0, 0.05) is 32.0 Å². The molecule has 1 aliphatic heterocycles. The molecule has 0 amide bonds. The van der Waals surface area contributed by atoms with Crippen molar-refractivity contribution in [3.8, 4) is 0 Å². The number of hydrogen-bond acceptors (Lipinski definition) is 4. The average molecular weight is 530 g/mol. The first-order chi connectivity index (χ1) is 14.0. The minimum absolute atomic E-state index is 0. The minimum Gasteiger partial charge on any atom is -0.375 e. The molecule has 0 aliphatic carbocycles. The highest BCUT2D eigenvalue weighted by Crippen LogP contribution is 2.18. The van der Waals surface area contributed by atoms with Gasteiger partial charge in [0.2, 0.25) is 0 Å². The topological polar surface area (TPSA) is 76.4 Å². The van der Waals surface area contributed by atoms with Gasteiger partial charge in [0.15, 0.2) is 11.8 Å². The van der Waals surface area contributed by atoms with Crippen molar-refractivity contribution in [2.75, 3.05) is 20.2 Å². The van der Waals surface area contributed by atoms with Crippen LogP contribution < -0.4 is 10.6 Å². The molecule has 30 heavy (non-hydrogen) atoms. The third-order valence-corrected chi connectivity index (χ3v) is 5.02. The first-order valence-electron chi connectivity index (χ1n) is 10.3. The van der Waals surface area contributed by atoms with Gasteiger partial charge in [-0.25, -0.2) is 14.1 Å². The highest BCUT2D eigenvalue weighted by Gasteiger charge is 2.23. The van der Waals surface area contributed by atoms with Crippen LogP contribution in [0, 0.1) is 5.82 Å². The maximum Gasteiger partial charge on any atom is 0.191 e. The summed E-state index contributed by atoms with van der Waals surface area (Å²) in [7, 11) is 1.64. The number of rotatable bonds is 7. The number of ether oxygens (including phenoxy) is 1. The second-order valence-electron chi connectivity index (χ2n) is 7.60. The molecule has 166 valence electrons. The molecule has 0 spiro atoms. The van der Waals surface area contributed by atoms with Gasteiger partial charge in [-0.15, -0.1) is 24.0 Å². The number of fused-ring (bicyclic) bond motifs is 1. The third kappa shape index (κ3) is 6.37. The molecule has 1 aromatic carbocycles. The molecule has 0 radical (unpaired) electrons. The van der Waals surface area contributed by atoms with E-state index in [1.54, 1.807) is 19.2 Å². The van der Waals surface area contributed by atoms with Gasteiger partial charge in [0.25, 0.3) is 0 Å². The van der Waals surface area contributed by atoms with Gasteiger partial charge in [-0.05, 0) is 31.0 Å². The lowest BCUT2D eigenvalue weighted by atomic mass is 10.1. The number of nitrogens with zero attached hydrogens (tertiary/aromatic N) is 4. The molecule has 9 heteroatoms. The van der Waals surface area contributed by atoms with E-state index >= 15 is 0 Å². The molecule has 7 nitrogen and oxygen atoms in total. The smallest absolute Gasteiger partial charge is 0.191 e.